The normalized spacial score (nSPS) is 13.5. The van der Waals surface area contributed by atoms with E-state index in [0.717, 1.165) is 17.3 Å². The molecular formula is C55H69N9O14S. The van der Waals surface area contributed by atoms with Gasteiger partial charge in [0.25, 0.3) is 0 Å². The minimum Gasteiger partial charge on any atom is -0.481 e. The summed E-state index contributed by atoms with van der Waals surface area (Å²) in [6, 6.07) is 23.0. The number of para-hydroxylation sites is 1. The van der Waals surface area contributed by atoms with Crippen LogP contribution >= 0.6 is 0 Å². The Kier molecular flexibility index (Phi) is 24.3. The first-order valence-corrected chi connectivity index (χ1v) is 27.2. The first-order valence-electron chi connectivity index (χ1n) is 25.8. The molecule has 12 N–H and O–H groups in total. The summed E-state index contributed by atoms with van der Waals surface area (Å²) in [5, 5.41) is 29.5. The van der Waals surface area contributed by atoms with Crippen LogP contribution in [0.15, 0.2) is 115 Å². The van der Waals surface area contributed by atoms with E-state index < -0.39 is 101 Å². The van der Waals surface area contributed by atoms with Gasteiger partial charge in [0.1, 0.15) is 42.6 Å². The van der Waals surface area contributed by atoms with Crippen LogP contribution < -0.4 is 47.1 Å². The number of H-pyrrole nitrogens is 1. The molecule has 0 unspecified atom stereocenters. The number of nitrogens with two attached hydrogens (primary N) is 1. The summed E-state index contributed by atoms with van der Waals surface area (Å²) < 4.78 is 41.5. The van der Waals surface area contributed by atoms with Gasteiger partial charge >= 0.3 is 22.5 Å². The highest BCUT2D eigenvalue weighted by molar-refractivity contribution is 7.81. The number of carboxylic acids is 1. The summed E-state index contributed by atoms with van der Waals surface area (Å²) >= 11 is 0. The molecule has 1 aromatic heterocycles. The predicted molar refractivity (Wildman–Crippen MR) is 291 cm³/mol. The van der Waals surface area contributed by atoms with Crippen molar-refractivity contribution in [3.8, 4) is 5.75 Å². The van der Waals surface area contributed by atoms with E-state index in [1.807, 2.05) is 38.1 Å². The Morgan fingerprint density at radius 3 is 1.80 bits per heavy atom. The van der Waals surface area contributed by atoms with Crippen molar-refractivity contribution in [2.24, 2.45) is 5.73 Å². The number of carboxylic acid groups (broad SMARTS) is 1. The second kappa shape index (κ2) is 31.2. The minimum atomic E-state index is -4.80. The number of hydrogen-bond acceptors (Lipinski definition) is 13. The number of carbonyl (C=O) groups excluding carboxylic acids is 7. The molecule has 5 rings (SSSR count). The molecule has 6 atom stereocenters. The molecule has 0 radical (unpaired) electrons. The van der Waals surface area contributed by atoms with Crippen LogP contribution in [0, 0.1) is 0 Å². The highest BCUT2D eigenvalue weighted by atomic mass is 32.3. The number of carbonyl (C=O) groups is 8. The van der Waals surface area contributed by atoms with Crippen LogP contribution in [0.1, 0.15) is 81.0 Å². The van der Waals surface area contributed by atoms with Gasteiger partial charge in [0.15, 0.2) is 0 Å². The zero-order valence-corrected chi connectivity index (χ0v) is 44.7. The first-order chi connectivity index (χ1) is 37.8. The molecule has 7 amide bonds. The molecule has 0 aliphatic carbocycles. The molecule has 0 aliphatic heterocycles. The SMILES string of the molecule is CCCC[C@@H](CNCC(=O)N[C@@H](Cc1c[nH]c2ccccc12)C(=O)N[C@@H](CCCC)C(=O)N[C@@H](CC(=O)O)C(=O)N[C@@H](Cc1ccccc1)C(N)=O)NC(=O)[C@H](Cc1ccc(OS(=O)(=O)O)cc1)NC(=O)OCc1ccccc1. The lowest BCUT2D eigenvalue weighted by Crippen LogP contribution is -2.59. The predicted octanol–water partition coefficient (Wildman–Crippen LogP) is 3.03. The maximum Gasteiger partial charge on any atom is 0.446 e. The lowest BCUT2D eigenvalue weighted by atomic mass is 10.0. The Bertz CT molecular complexity index is 2940. The number of nitrogens with one attached hydrogen (secondary N) is 8. The number of primary amides is 1. The molecule has 5 aromatic rings. The Morgan fingerprint density at radius 2 is 1.15 bits per heavy atom. The van der Waals surface area contributed by atoms with Crippen molar-refractivity contribution in [2.45, 2.75) is 121 Å². The largest absolute Gasteiger partial charge is 0.481 e. The number of ether oxygens (including phenoxy) is 1. The van der Waals surface area contributed by atoms with E-state index in [0.29, 0.717) is 47.9 Å². The highest BCUT2D eigenvalue weighted by Gasteiger charge is 2.33. The van der Waals surface area contributed by atoms with Crippen molar-refractivity contribution >= 4 is 68.8 Å². The fourth-order valence-electron chi connectivity index (χ4n) is 8.42. The lowest BCUT2D eigenvalue weighted by molar-refractivity contribution is -0.141. The second-order valence-electron chi connectivity index (χ2n) is 18.8. The molecule has 1 heterocycles. The van der Waals surface area contributed by atoms with Crippen molar-refractivity contribution in [2.75, 3.05) is 13.1 Å². The summed E-state index contributed by atoms with van der Waals surface area (Å²) in [5.41, 5.74) is 8.87. The Hall–Kier alpha value is -8.35. The number of aromatic amines is 1. The highest BCUT2D eigenvalue weighted by Crippen LogP contribution is 2.20. The van der Waals surface area contributed by atoms with Crippen molar-refractivity contribution in [3.05, 3.63) is 138 Å². The molecule has 0 fully saturated rings. The average molecular weight is 1110 g/mol. The van der Waals surface area contributed by atoms with Gasteiger partial charge < -0.3 is 62.0 Å². The van der Waals surface area contributed by atoms with Crippen molar-refractivity contribution in [1.82, 2.24) is 42.2 Å². The van der Waals surface area contributed by atoms with Gasteiger partial charge in [0.2, 0.25) is 35.4 Å². The number of rotatable bonds is 33. The minimum absolute atomic E-state index is 0.00473. The van der Waals surface area contributed by atoms with Crippen LogP contribution in [0.2, 0.25) is 0 Å². The number of unbranched alkanes of at least 4 members (excludes halogenated alkanes) is 2. The molecule has 0 saturated carbocycles. The van der Waals surface area contributed by atoms with E-state index in [4.69, 9.17) is 15.0 Å². The fraction of sp³-hybridized carbons (Fsp3) is 0.382. The topological polar surface area (TPSA) is 356 Å². The third kappa shape index (κ3) is 21.5. The van der Waals surface area contributed by atoms with Crippen LogP contribution in [0.3, 0.4) is 0 Å². The quantitative estimate of drug-likeness (QED) is 0.0269. The third-order valence-corrected chi connectivity index (χ3v) is 12.9. The zero-order chi connectivity index (χ0) is 57.3. The molecule has 24 heteroatoms. The van der Waals surface area contributed by atoms with Gasteiger partial charge in [0, 0.05) is 48.9 Å². The van der Waals surface area contributed by atoms with Gasteiger partial charge in [-0.1, -0.05) is 131 Å². The Morgan fingerprint density at radius 1 is 0.608 bits per heavy atom. The summed E-state index contributed by atoms with van der Waals surface area (Å²) in [7, 11) is -4.80. The summed E-state index contributed by atoms with van der Waals surface area (Å²) in [6.45, 7) is 3.44. The Labute approximate surface area is 457 Å². The lowest BCUT2D eigenvalue weighted by Gasteiger charge is -2.26. The summed E-state index contributed by atoms with van der Waals surface area (Å²) in [4.78, 5) is 111. The number of alkyl carbamates (subject to hydrolysis) is 1. The molecule has 424 valence electrons. The van der Waals surface area contributed by atoms with Crippen LogP contribution in [-0.2, 0) is 74.6 Å². The van der Waals surface area contributed by atoms with Gasteiger partial charge in [-0.05, 0) is 53.3 Å². The fourth-order valence-corrected chi connectivity index (χ4v) is 8.77. The van der Waals surface area contributed by atoms with Crippen molar-refractivity contribution in [3.63, 3.8) is 0 Å². The van der Waals surface area contributed by atoms with Crippen molar-refractivity contribution < 1.29 is 65.4 Å². The van der Waals surface area contributed by atoms with E-state index in [1.54, 1.807) is 66.9 Å². The third-order valence-electron chi connectivity index (χ3n) is 12.5. The van der Waals surface area contributed by atoms with Crippen molar-refractivity contribution in [1.29, 1.82) is 0 Å². The van der Waals surface area contributed by atoms with E-state index >= 15 is 0 Å². The molecule has 4 aromatic carbocycles. The number of benzene rings is 4. The zero-order valence-electron chi connectivity index (χ0n) is 43.9. The molecule has 0 aliphatic rings. The van der Waals surface area contributed by atoms with Gasteiger partial charge in [-0.3, -0.25) is 38.1 Å². The van der Waals surface area contributed by atoms with E-state index in [9.17, 15) is 51.9 Å². The van der Waals surface area contributed by atoms with E-state index in [2.05, 4.69) is 46.4 Å². The maximum absolute atomic E-state index is 14.4. The van der Waals surface area contributed by atoms with Gasteiger partial charge in [0.05, 0.1) is 13.0 Å². The van der Waals surface area contributed by atoms with Crippen LogP contribution in [0.25, 0.3) is 10.9 Å². The molecular weight excluding hydrogens is 1040 g/mol. The van der Waals surface area contributed by atoms with E-state index in [-0.39, 0.29) is 51.1 Å². The molecule has 23 nitrogen and oxygen atoms in total. The summed E-state index contributed by atoms with van der Waals surface area (Å²) in [6.07, 6.45) is 2.74. The molecule has 79 heavy (non-hydrogen) atoms. The number of amides is 7. The monoisotopic (exact) mass is 1110 g/mol. The number of hydrogen-bond donors (Lipinski definition) is 11. The number of aromatic nitrogens is 1. The van der Waals surface area contributed by atoms with Gasteiger partial charge in [-0.25, -0.2) is 4.79 Å². The smallest absolute Gasteiger partial charge is 0.446 e. The standard InChI is InChI=1S/C55H69N9O14S/c1-3-5-19-39(59-52(70)45(64-55(73)77-34-37-17-11-8-12-18-37)28-36-23-25-40(26-24-36)78-79(74,75)76)32-57-33-48(65)60-46(29-38-31-58-42-22-14-13-20-41(38)42)53(71)61-43(21-6-4-2)51(69)63-47(30-49(66)67)54(72)62-44(50(56)68)27-35-15-9-7-10-16-35/h7-18,20,22-26,31,39,43-47,57-58H,3-6,19,21,27-30,32-34H2,1-2H3,(H2,56,68)(H,59,70)(H,60,65)(H,61,71)(H,62,72)(H,63,69)(H,64,73)(H,66,67)(H,74,75,76)/t39-,43-,44-,45-,46-,47-/m0/s1. The van der Waals surface area contributed by atoms with Crippen LogP contribution in [-0.4, -0.2) is 120 Å². The number of fused-ring (bicyclic) bond motifs is 1. The van der Waals surface area contributed by atoms with Crippen LogP contribution in [0.5, 0.6) is 5.75 Å². The molecule has 0 saturated heterocycles. The van der Waals surface area contributed by atoms with Crippen LogP contribution in [0.4, 0.5) is 4.79 Å². The van der Waals surface area contributed by atoms with E-state index in [1.165, 1.54) is 24.3 Å². The Balaban J connectivity index is 1.29. The molecule has 0 spiro atoms. The average Bonchev–Trinajstić information content (AvgIpc) is 3.83. The number of aliphatic carboxylic acids is 1. The van der Waals surface area contributed by atoms with Gasteiger partial charge in [-0.15, -0.1) is 0 Å². The maximum atomic E-state index is 14.4. The second-order valence-corrected chi connectivity index (χ2v) is 19.8. The summed E-state index contributed by atoms with van der Waals surface area (Å²) in [5.74, 6) is -6.38. The first kappa shape index (κ1) is 61.5. The van der Waals surface area contributed by atoms with Gasteiger partial charge in [-0.2, -0.15) is 8.42 Å². The molecule has 0 bridgehead atoms.